The van der Waals surface area contributed by atoms with Crippen LogP contribution in [0.3, 0.4) is 0 Å². The summed E-state index contributed by atoms with van der Waals surface area (Å²) in [5.41, 5.74) is -0.173. The second-order valence-electron chi connectivity index (χ2n) is 4.63. The highest BCUT2D eigenvalue weighted by molar-refractivity contribution is 9.10. The van der Waals surface area contributed by atoms with E-state index < -0.39 is 11.7 Å². The summed E-state index contributed by atoms with van der Waals surface area (Å²) >= 11 is 3.27. The first-order chi connectivity index (χ1) is 8.23. The Morgan fingerprint density at radius 1 is 1.39 bits per heavy atom. The lowest BCUT2D eigenvalue weighted by Crippen LogP contribution is -2.27. The van der Waals surface area contributed by atoms with Gasteiger partial charge in [0.2, 0.25) is 0 Å². The summed E-state index contributed by atoms with van der Waals surface area (Å²) in [7, 11) is 1.45. The van der Waals surface area contributed by atoms with Crippen LogP contribution in [0.5, 0.6) is 11.5 Å². The molecule has 0 bridgehead atoms. The zero-order chi connectivity index (χ0) is 13.9. The van der Waals surface area contributed by atoms with E-state index in [1.165, 1.54) is 13.2 Å². The molecule has 6 heteroatoms. The number of nitrogens with one attached hydrogen (secondary N) is 1. The van der Waals surface area contributed by atoms with Crippen LogP contribution in [0.25, 0.3) is 0 Å². The van der Waals surface area contributed by atoms with Gasteiger partial charge in [0.15, 0.2) is 11.5 Å². The van der Waals surface area contributed by atoms with Crippen molar-refractivity contribution < 1.29 is 19.4 Å². The SMILES string of the molecule is COc1cc(Br)c(NC(=O)OC(C)(C)C)cc1O. The minimum absolute atomic E-state index is 0.0632. The lowest BCUT2D eigenvalue weighted by molar-refractivity contribution is 0.0636. The van der Waals surface area contributed by atoms with Crippen LogP contribution in [0.1, 0.15) is 20.8 Å². The average Bonchev–Trinajstić information content (AvgIpc) is 2.20. The second kappa shape index (κ2) is 5.48. The number of ether oxygens (including phenoxy) is 2. The highest BCUT2D eigenvalue weighted by Crippen LogP contribution is 2.35. The number of anilines is 1. The summed E-state index contributed by atoms with van der Waals surface area (Å²) in [5.74, 6) is 0.253. The third-order valence-electron chi connectivity index (χ3n) is 1.90. The van der Waals surface area contributed by atoms with Crippen molar-refractivity contribution in [3.63, 3.8) is 0 Å². The van der Waals surface area contributed by atoms with Crippen molar-refractivity contribution in [3.8, 4) is 11.5 Å². The third-order valence-corrected chi connectivity index (χ3v) is 2.56. The third kappa shape index (κ3) is 4.10. The Bertz CT molecular complexity index is 454. The normalized spacial score (nSPS) is 10.9. The van der Waals surface area contributed by atoms with Crippen LogP contribution >= 0.6 is 15.9 Å². The van der Waals surface area contributed by atoms with Gasteiger partial charge in [0, 0.05) is 16.6 Å². The summed E-state index contributed by atoms with van der Waals surface area (Å²) < 4.78 is 10.6. The Morgan fingerprint density at radius 3 is 2.50 bits per heavy atom. The van der Waals surface area contributed by atoms with E-state index in [0.29, 0.717) is 15.9 Å². The van der Waals surface area contributed by atoms with E-state index >= 15 is 0 Å². The van der Waals surface area contributed by atoms with Gasteiger partial charge < -0.3 is 14.6 Å². The van der Waals surface area contributed by atoms with E-state index in [1.54, 1.807) is 26.8 Å². The summed E-state index contributed by atoms with van der Waals surface area (Å²) in [5, 5.41) is 12.2. The topological polar surface area (TPSA) is 67.8 Å². The number of methoxy groups -OCH3 is 1. The molecule has 0 heterocycles. The molecular formula is C12H16BrNO4. The van der Waals surface area contributed by atoms with Crippen molar-refractivity contribution in [2.45, 2.75) is 26.4 Å². The van der Waals surface area contributed by atoms with Gasteiger partial charge in [-0.1, -0.05) is 0 Å². The summed E-state index contributed by atoms with van der Waals surface area (Å²) in [6, 6.07) is 2.94. The molecule has 100 valence electrons. The Morgan fingerprint density at radius 2 is 2.00 bits per heavy atom. The van der Waals surface area contributed by atoms with Gasteiger partial charge in [-0.2, -0.15) is 0 Å². The maximum Gasteiger partial charge on any atom is 0.412 e. The number of benzene rings is 1. The molecule has 0 saturated carbocycles. The van der Waals surface area contributed by atoms with Gasteiger partial charge in [-0.15, -0.1) is 0 Å². The number of hydrogen-bond acceptors (Lipinski definition) is 4. The van der Waals surface area contributed by atoms with Crippen molar-refractivity contribution in [2.75, 3.05) is 12.4 Å². The van der Waals surface area contributed by atoms with Gasteiger partial charge in [-0.05, 0) is 36.7 Å². The molecule has 0 unspecified atom stereocenters. The zero-order valence-corrected chi connectivity index (χ0v) is 12.3. The van der Waals surface area contributed by atoms with E-state index in [4.69, 9.17) is 9.47 Å². The van der Waals surface area contributed by atoms with E-state index in [0.717, 1.165) is 0 Å². The molecule has 0 saturated heterocycles. The lowest BCUT2D eigenvalue weighted by atomic mass is 10.2. The van der Waals surface area contributed by atoms with Gasteiger partial charge in [0.1, 0.15) is 5.60 Å². The van der Waals surface area contributed by atoms with Crippen LogP contribution < -0.4 is 10.1 Å². The molecule has 0 aliphatic heterocycles. The first-order valence-electron chi connectivity index (χ1n) is 5.29. The summed E-state index contributed by atoms with van der Waals surface area (Å²) in [6.45, 7) is 5.31. The highest BCUT2D eigenvalue weighted by Gasteiger charge is 2.17. The number of aromatic hydroxyl groups is 1. The molecule has 5 nitrogen and oxygen atoms in total. The fraction of sp³-hybridized carbons (Fsp3) is 0.417. The van der Waals surface area contributed by atoms with Crippen LogP contribution in [0.15, 0.2) is 16.6 Å². The Kier molecular flexibility index (Phi) is 4.45. The minimum Gasteiger partial charge on any atom is -0.504 e. The number of amides is 1. The van der Waals surface area contributed by atoms with Crippen LogP contribution in [-0.4, -0.2) is 23.9 Å². The quantitative estimate of drug-likeness (QED) is 0.875. The van der Waals surface area contributed by atoms with Gasteiger partial charge in [-0.25, -0.2) is 4.79 Å². The maximum atomic E-state index is 11.6. The molecule has 18 heavy (non-hydrogen) atoms. The Labute approximate surface area is 114 Å². The highest BCUT2D eigenvalue weighted by atomic mass is 79.9. The molecule has 0 aliphatic carbocycles. The number of halogens is 1. The number of carbonyl (C=O) groups is 1. The van der Waals surface area contributed by atoms with Crippen LogP contribution in [0, 0.1) is 0 Å². The van der Waals surface area contributed by atoms with Crippen molar-refractivity contribution in [2.24, 2.45) is 0 Å². The predicted molar refractivity (Wildman–Crippen MR) is 72.2 cm³/mol. The molecule has 0 radical (unpaired) electrons. The van der Waals surface area contributed by atoms with Gasteiger partial charge in [-0.3, -0.25) is 5.32 Å². The second-order valence-corrected chi connectivity index (χ2v) is 5.49. The van der Waals surface area contributed by atoms with Crippen LogP contribution in [0.4, 0.5) is 10.5 Å². The number of phenolic OH excluding ortho intramolecular Hbond substituents is 1. The number of carbonyl (C=O) groups excluding carboxylic acids is 1. The molecule has 0 fully saturated rings. The molecule has 0 aromatic heterocycles. The van der Waals surface area contributed by atoms with Gasteiger partial charge in [0.25, 0.3) is 0 Å². The Hall–Kier alpha value is -1.43. The van der Waals surface area contributed by atoms with E-state index in [-0.39, 0.29) is 5.75 Å². The fourth-order valence-corrected chi connectivity index (χ4v) is 1.64. The van der Waals surface area contributed by atoms with Crippen molar-refractivity contribution in [3.05, 3.63) is 16.6 Å². The molecule has 1 aromatic carbocycles. The monoisotopic (exact) mass is 317 g/mol. The molecule has 1 aromatic rings. The van der Waals surface area contributed by atoms with Crippen molar-refractivity contribution in [1.82, 2.24) is 0 Å². The molecule has 0 atom stereocenters. The summed E-state index contributed by atoms with van der Waals surface area (Å²) in [6.07, 6.45) is -0.590. The predicted octanol–water partition coefficient (Wildman–Crippen LogP) is 3.51. The molecular weight excluding hydrogens is 302 g/mol. The van der Waals surface area contributed by atoms with Crippen LogP contribution in [0.2, 0.25) is 0 Å². The lowest BCUT2D eigenvalue weighted by Gasteiger charge is -2.20. The largest absolute Gasteiger partial charge is 0.504 e. The van der Waals surface area contributed by atoms with E-state index in [1.807, 2.05) is 0 Å². The number of hydrogen-bond donors (Lipinski definition) is 2. The number of phenols is 1. The van der Waals surface area contributed by atoms with Gasteiger partial charge >= 0.3 is 6.09 Å². The smallest absolute Gasteiger partial charge is 0.412 e. The molecule has 0 spiro atoms. The van der Waals surface area contributed by atoms with Crippen LogP contribution in [-0.2, 0) is 4.74 Å². The maximum absolute atomic E-state index is 11.6. The number of rotatable bonds is 2. The molecule has 1 rings (SSSR count). The van der Waals surface area contributed by atoms with Crippen molar-refractivity contribution >= 4 is 27.7 Å². The van der Waals surface area contributed by atoms with Gasteiger partial charge in [0.05, 0.1) is 12.8 Å². The first-order valence-corrected chi connectivity index (χ1v) is 6.09. The molecule has 1 amide bonds. The standard InChI is InChI=1S/C12H16BrNO4/c1-12(2,3)18-11(16)14-8-6-9(15)10(17-4)5-7(8)13/h5-6,15H,1-4H3,(H,14,16). The minimum atomic E-state index is -0.590. The zero-order valence-electron chi connectivity index (χ0n) is 10.7. The summed E-state index contributed by atoms with van der Waals surface area (Å²) in [4.78, 5) is 11.6. The Balaban J connectivity index is 2.86. The fourth-order valence-electron chi connectivity index (χ4n) is 1.22. The average molecular weight is 318 g/mol. The van der Waals surface area contributed by atoms with E-state index in [9.17, 15) is 9.90 Å². The van der Waals surface area contributed by atoms with Crippen molar-refractivity contribution in [1.29, 1.82) is 0 Å². The molecule has 0 aliphatic rings. The molecule has 2 N–H and O–H groups in total. The first kappa shape index (κ1) is 14.6. The van der Waals surface area contributed by atoms with E-state index in [2.05, 4.69) is 21.2 Å².